The zero-order valence-corrected chi connectivity index (χ0v) is 15.5. The van der Waals surface area contributed by atoms with Gasteiger partial charge in [0.1, 0.15) is 0 Å². The van der Waals surface area contributed by atoms with E-state index in [9.17, 15) is 9.59 Å². The van der Waals surface area contributed by atoms with Crippen LogP contribution in [0.25, 0.3) is 10.7 Å². The number of nitrogens with zero attached hydrogens (tertiary/aromatic N) is 2. The van der Waals surface area contributed by atoms with Crippen LogP contribution < -0.4 is 5.32 Å². The molecule has 1 amide bonds. The molecule has 0 atom stereocenters. The lowest BCUT2D eigenvalue weighted by atomic mass is 10.2. The predicted molar refractivity (Wildman–Crippen MR) is 101 cm³/mol. The lowest BCUT2D eigenvalue weighted by Gasteiger charge is -2.09. The maximum atomic E-state index is 12.2. The molecule has 0 aliphatic carbocycles. The minimum absolute atomic E-state index is 0.124. The largest absolute Gasteiger partial charge is 0.462 e. The van der Waals surface area contributed by atoms with Crippen molar-refractivity contribution in [1.29, 1.82) is 0 Å². The molecule has 0 saturated carbocycles. The van der Waals surface area contributed by atoms with Crippen LogP contribution >= 0.6 is 23.1 Å². The molecule has 0 bridgehead atoms. The summed E-state index contributed by atoms with van der Waals surface area (Å²) in [7, 11) is 0. The van der Waals surface area contributed by atoms with E-state index in [1.165, 1.54) is 11.8 Å². The lowest BCUT2D eigenvalue weighted by molar-refractivity contribution is -0.113. The first-order chi connectivity index (χ1) is 12.7. The number of thiophene rings is 1. The summed E-state index contributed by atoms with van der Waals surface area (Å²) in [6.45, 7) is 2.01. The van der Waals surface area contributed by atoms with E-state index >= 15 is 0 Å². The van der Waals surface area contributed by atoms with E-state index in [0.29, 0.717) is 22.2 Å². The number of aromatic nitrogens is 3. The lowest BCUT2D eigenvalue weighted by Crippen LogP contribution is -2.17. The Morgan fingerprint density at radius 2 is 2.12 bits per heavy atom. The number of esters is 1. The molecule has 3 rings (SSSR count). The maximum absolute atomic E-state index is 12.2. The van der Waals surface area contributed by atoms with Crippen LogP contribution in [0.1, 0.15) is 17.3 Å². The first-order valence-electron chi connectivity index (χ1n) is 7.82. The summed E-state index contributed by atoms with van der Waals surface area (Å²) in [5, 5.41) is 12.1. The number of thioether (sulfide) groups is 1. The molecule has 0 aliphatic rings. The highest BCUT2D eigenvalue weighted by molar-refractivity contribution is 7.99. The Kier molecular flexibility index (Phi) is 6.03. The average molecular weight is 388 g/mol. The zero-order valence-electron chi connectivity index (χ0n) is 13.9. The van der Waals surface area contributed by atoms with Gasteiger partial charge in [0.15, 0.2) is 5.82 Å². The van der Waals surface area contributed by atoms with Crippen molar-refractivity contribution in [1.82, 2.24) is 15.2 Å². The fourth-order valence-electron chi connectivity index (χ4n) is 2.13. The Balaban J connectivity index is 1.59. The van der Waals surface area contributed by atoms with Crippen LogP contribution in [0, 0.1) is 0 Å². The molecule has 0 aliphatic heterocycles. The summed E-state index contributed by atoms with van der Waals surface area (Å²) >= 11 is 2.77. The molecule has 0 radical (unpaired) electrons. The second-order valence-electron chi connectivity index (χ2n) is 5.05. The third-order valence-electron chi connectivity index (χ3n) is 3.25. The second kappa shape index (κ2) is 8.63. The first kappa shape index (κ1) is 18.2. The van der Waals surface area contributed by atoms with Gasteiger partial charge in [-0.05, 0) is 30.5 Å². The Morgan fingerprint density at radius 1 is 1.27 bits per heavy atom. The highest BCUT2D eigenvalue weighted by Crippen LogP contribution is 2.23. The Bertz CT molecular complexity index is 893. The number of H-pyrrole nitrogens is 1. The quantitative estimate of drug-likeness (QED) is 0.475. The van der Waals surface area contributed by atoms with Gasteiger partial charge >= 0.3 is 5.97 Å². The van der Waals surface area contributed by atoms with Gasteiger partial charge in [-0.3, -0.25) is 9.89 Å². The van der Waals surface area contributed by atoms with Gasteiger partial charge in [-0.25, -0.2) is 9.78 Å². The van der Waals surface area contributed by atoms with E-state index < -0.39 is 5.97 Å². The summed E-state index contributed by atoms with van der Waals surface area (Å²) in [5.41, 5.74) is 0.747. The number of ether oxygens (including phenoxy) is 1. The molecule has 2 aromatic heterocycles. The van der Waals surface area contributed by atoms with Gasteiger partial charge in [-0.2, -0.15) is 0 Å². The topological polar surface area (TPSA) is 97.0 Å². The molecule has 0 unspecified atom stereocenters. The van der Waals surface area contributed by atoms with Crippen molar-refractivity contribution in [3.8, 4) is 10.7 Å². The van der Waals surface area contributed by atoms with E-state index in [2.05, 4.69) is 20.5 Å². The van der Waals surface area contributed by atoms with Gasteiger partial charge in [0, 0.05) is 0 Å². The molecule has 2 heterocycles. The number of amides is 1. The number of anilines is 1. The summed E-state index contributed by atoms with van der Waals surface area (Å²) in [6.07, 6.45) is 0. The van der Waals surface area contributed by atoms with E-state index in [0.717, 1.165) is 4.88 Å². The Hall–Kier alpha value is -2.65. The monoisotopic (exact) mass is 388 g/mol. The number of carbonyl (C=O) groups is 2. The van der Waals surface area contributed by atoms with Gasteiger partial charge in [0.2, 0.25) is 11.1 Å². The molecule has 7 nitrogen and oxygen atoms in total. The van der Waals surface area contributed by atoms with Gasteiger partial charge < -0.3 is 10.1 Å². The number of rotatable bonds is 7. The minimum atomic E-state index is -0.467. The number of carbonyl (C=O) groups excluding carboxylic acids is 2. The van der Waals surface area contributed by atoms with Crippen molar-refractivity contribution < 1.29 is 14.3 Å². The number of hydrogen-bond acceptors (Lipinski definition) is 7. The van der Waals surface area contributed by atoms with E-state index in [-0.39, 0.29) is 18.3 Å². The molecule has 0 fully saturated rings. The normalized spacial score (nSPS) is 10.5. The number of nitrogens with one attached hydrogen (secondary N) is 2. The third-order valence-corrected chi connectivity index (χ3v) is 4.97. The highest BCUT2D eigenvalue weighted by atomic mass is 32.2. The van der Waals surface area contributed by atoms with Crippen LogP contribution in [0.15, 0.2) is 46.9 Å². The molecular weight excluding hydrogens is 372 g/mol. The average Bonchev–Trinajstić information content (AvgIpc) is 3.32. The molecule has 134 valence electrons. The van der Waals surface area contributed by atoms with Crippen LogP contribution in [0.4, 0.5) is 5.69 Å². The number of hydrogen-bond donors (Lipinski definition) is 2. The first-order valence-corrected chi connectivity index (χ1v) is 9.69. The van der Waals surface area contributed by atoms with Crippen LogP contribution in [0.2, 0.25) is 0 Å². The van der Waals surface area contributed by atoms with E-state index in [1.54, 1.807) is 42.5 Å². The molecule has 26 heavy (non-hydrogen) atoms. The second-order valence-corrected chi connectivity index (χ2v) is 6.94. The Labute approximate surface area is 158 Å². The summed E-state index contributed by atoms with van der Waals surface area (Å²) in [4.78, 5) is 29.5. The molecule has 0 spiro atoms. The van der Waals surface area contributed by atoms with Crippen molar-refractivity contribution in [3.63, 3.8) is 0 Å². The van der Waals surface area contributed by atoms with Crippen molar-refractivity contribution >= 4 is 40.7 Å². The van der Waals surface area contributed by atoms with Crippen molar-refractivity contribution in [2.45, 2.75) is 12.1 Å². The molecule has 1 aromatic carbocycles. The molecule has 9 heteroatoms. The molecule has 3 aromatic rings. The minimum Gasteiger partial charge on any atom is -0.462 e. The van der Waals surface area contributed by atoms with Crippen LogP contribution in [-0.4, -0.2) is 39.4 Å². The summed E-state index contributed by atoms with van der Waals surface area (Å²) < 4.78 is 5.00. The van der Waals surface area contributed by atoms with Crippen LogP contribution in [-0.2, 0) is 9.53 Å². The SMILES string of the molecule is CCOC(=O)c1ccccc1NC(=O)CSc1n[nH]c(-c2cccs2)n1. The smallest absolute Gasteiger partial charge is 0.340 e. The molecule has 2 N–H and O–H groups in total. The van der Waals surface area contributed by atoms with Gasteiger partial charge in [-0.1, -0.05) is 30.0 Å². The molecule has 0 saturated heterocycles. The summed E-state index contributed by atoms with van der Waals surface area (Å²) in [6, 6.07) is 10.6. The van der Waals surface area contributed by atoms with Crippen LogP contribution in [0.5, 0.6) is 0 Å². The van der Waals surface area contributed by atoms with Crippen molar-refractivity contribution in [2.75, 3.05) is 17.7 Å². The van der Waals surface area contributed by atoms with E-state index in [1.807, 2.05) is 17.5 Å². The standard InChI is InChI=1S/C17H16N4O3S2/c1-2-24-16(23)11-6-3-4-7-12(11)18-14(22)10-26-17-19-15(20-21-17)13-8-5-9-25-13/h3-9H,2,10H2,1H3,(H,18,22)(H,19,20,21). The fourth-order valence-corrected chi connectivity index (χ4v) is 3.39. The number of benzene rings is 1. The fraction of sp³-hybridized carbons (Fsp3) is 0.176. The number of aromatic amines is 1. The van der Waals surface area contributed by atoms with Crippen molar-refractivity contribution in [3.05, 3.63) is 47.3 Å². The van der Waals surface area contributed by atoms with Crippen LogP contribution in [0.3, 0.4) is 0 Å². The zero-order chi connectivity index (χ0) is 18.4. The molecular formula is C17H16N4O3S2. The van der Waals surface area contributed by atoms with Crippen molar-refractivity contribution in [2.24, 2.45) is 0 Å². The van der Waals surface area contributed by atoms with E-state index in [4.69, 9.17) is 4.74 Å². The van der Waals surface area contributed by atoms with Gasteiger partial charge in [0.05, 0.1) is 28.5 Å². The summed E-state index contributed by atoms with van der Waals surface area (Å²) in [5.74, 6) is 0.0780. The van der Waals surface area contributed by atoms with Gasteiger partial charge in [-0.15, -0.1) is 16.4 Å². The third kappa shape index (κ3) is 4.50. The number of para-hydroxylation sites is 1. The predicted octanol–water partition coefficient (Wildman–Crippen LogP) is 3.44. The van der Waals surface area contributed by atoms with Gasteiger partial charge in [0.25, 0.3) is 0 Å². The Morgan fingerprint density at radius 3 is 2.88 bits per heavy atom. The maximum Gasteiger partial charge on any atom is 0.340 e. The highest BCUT2D eigenvalue weighted by Gasteiger charge is 2.15.